The molecule has 1 aromatic carbocycles. The van der Waals surface area contributed by atoms with Gasteiger partial charge in [0.05, 0.1) is 6.04 Å². The van der Waals surface area contributed by atoms with Crippen molar-refractivity contribution >= 4 is 6.03 Å². The maximum absolute atomic E-state index is 12.7. The Morgan fingerprint density at radius 1 is 1.04 bits per heavy atom. The molecule has 0 aromatic heterocycles. The van der Waals surface area contributed by atoms with E-state index in [9.17, 15) is 4.79 Å². The molecule has 2 saturated carbocycles. The molecular weight excluding hydrogens is 312 g/mol. The van der Waals surface area contributed by atoms with E-state index in [1.165, 1.54) is 24.8 Å². The van der Waals surface area contributed by atoms with Crippen LogP contribution in [-0.4, -0.2) is 35.6 Å². The summed E-state index contributed by atoms with van der Waals surface area (Å²) in [5, 5.41) is 3.31. The Morgan fingerprint density at radius 2 is 1.84 bits per heavy atom. The zero-order chi connectivity index (χ0) is 17.0. The highest BCUT2D eigenvalue weighted by Gasteiger charge is 2.51. The van der Waals surface area contributed by atoms with Crippen molar-refractivity contribution in [3.05, 3.63) is 35.9 Å². The van der Waals surface area contributed by atoms with Gasteiger partial charge < -0.3 is 10.2 Å². The van der Waals surface area contributed by atoms with Crippen LogP contribution in [0.2, 0.25) is 0 Å². The summed E-state index contributed by atoms with van der Waals surface area (Å²) in [6, 6.07) is 12.1. The Hall–Kier alpha value is -1.59. The predicted octanol–water partition coefficient (Wildman–Crippen LogP) is 2.42. The van der Waals surface area contributed by atoms with Crippen LogP contribution in [-0.2, 0) is 0 Å². The number of nitrogens with zero attached hydrogens (tertiary/aromatic N) is 1. The molecule has 4 aliphatic rings. The Morgan fingerprint density at radius 3 is 2.60 bits per heavy atom. The highest BCUT2D eigenvalue weighted by atomic mass is 16.2. The molecule has 25 heavy (non-hydrogen) atoms. The molecule has 4 fully saturated rings. The van der Waals surface area contributed by atoms with Gasteiger partial charge in [0.1, 0.15) is 0 Å². The van der Waals surface area contributed by atoms with E-state index in [0.717, 1.165) is 24.8 Å². The minimum absolute atomic E-state index is 0.0979. The van der Waals surface area contributed by atoms with Crippen molar-refractivity contribution in [2.24, 2.45) is 17.8 Å². The molecule has 2 aliphatic carbocycles. The number of hydrogen-bond donors (Lipinski definition) is 3. The third-order valence-electron chi connectivity index (χ3n) is 6.95. The van der Waals surface area contributed by atoms with Gasteiger partial charge >= 0.3 is 6.03 Å². The molecule has 0 bridgehead atoms. The van der Waals surface area contributed by atoms with Crippen LogP contribution in [0.25, 0.3) is 0 Å². The van der Waals surface area contributed by atoms with Gasteiger partial charge in [0.25, 0.3) is 0 Å². The Balaban J connectivity index is 1.32. The summed E-state index contributed by atoms with van der Waals surface area (Å²) < 4.78 is 0. The largest absolute Gasteiger partial charge is 0.335 e. The molecule has 2 amide bonds. The van der Waals surface area contributed by atoms with Crippen LogP contribution in [0.15, 0.2) is 30.3 Å². The number of hydrogen-bond acceptors (Lipinski definition) is 3. The van der Waals surface area contributed by atoms with Crippen LogP contribution in [0, 0.1) is 17.8 Å². The van der Waals surface area contributed by atoms with E-state index in [1.807, 2.05) is 11.0 Å². The van der Waals surface area contributed by atoms with E-state index in [1.54, 1.807) is 0 Å². The average molecular weight is 340 g/mol. The Bertz CT molecular complexity index is 646. The van der Waals surface area contributed by atoms with Crippen molar-refractivity contribution in [3.63, 3.8) is 0 Å². The molecule has 5 rings (SSSR count). The van der Waals surface area contributed by atoms with Gasteiger partial charge in [-0.2, -0.15) is 0 Å². The first-order valence-corrected chi connectivity index (χ1v) is 9.84. The number of carbonyl (C=O) groups is 1. The van der Waals surface area contributed by atoms with Crippen LogP contribution in [0.1, 0.15) is 44.2 Å². The van der Waals surface area contributed by atoms with Gasteiger partial charge in [-0.1, -0.05) is 30.3 Å². The molecule has 2 aliphatic heterocycles. The number of rotatable bonds is 3. The summed E-state index contributed by atoms with van der Waals surface area (Å²) in [6.07, 6.45) is 5.04. The van der Waals surface area contributed by atoms with Gasteiger partial charge in [-0.25, -0.2) is 4.79 Å². The van der Waals surface area contributed by atoms with Crippen molar-refractivity contribution in [2.75, 3.05) is 6.54 Å². The smallest absolute Gasteiger partial charge is 0.318 e. The van der Waals surface area contributed by atoms with E-state index in [-0.39, 0.29) is 12.1 Å². The van der Waals surface area contributed by atoms with E-state index in [0.29, 0.717) is 24.0 Å². The fraction of sp³-hybridized carbons (Fsp3) is 0.650. The molecule has 5 unspecified atom stereocenters. The number of amides is 2. The summed E-state index contributed by atoms with van der Waals surface area (Å²) in [5.41, 5.74) is 8.30. The lowest BCUT2D eigenvalue weighted by Crippen LogP contribution is -2.61. The maximum atomic E-state index is 12.7. The third-order valence-corrected chi connectivity index (χ3v) is 6.95. The molecule has 0 spiro atoms. The van der Waals surface area contributed by atoms with Gasteiger partial charge in [0.2, 0.25) is 0 Å². The molecule has 2 heterocycles. The summed E-state index contributed by atoms with van der Waals surface area (Å²) in [4.78, 5) is 14.8. The van der Waals surface area contributed by atoms with E-state index < -0.39 is 0 Å². The first kappa shape index (κ1) is 15.6. The van der Waals surface area contributed by atoms with E-state index in [4.69, 9.17) is 0 Å². The van der Waals surface area contributed by atoms with Crippen LogP contribution >= 0.6 is 0 Å². The van der Waals surface area contributed by atoms with Crippen LogP contribution < -0.4 is 16.2 Å². The van der Waals surface area contributed by atoms with E-state index >= 15 is 0 Å². The predicted molar refractivity (Wildman–Crippen MR) is 96.7 cm³/mol. The molecule has 5 heteroatoms. The highest BCUT2D eigenvalue weighted by Crippen LogP contribution is 2.45. The summed E-state index contributed by atoms with van der Waals surface area (Å²) in [5.74, 6) is 2.15. The molecule has 0 radical (unpaired) electrons. The van der Waals surface area contributed by atoms with Gasteiger partial charge in [-0.05, 0) is 55.9 Å². The zero-order valence-electron chi connectivity index (χ0n) is 14.8. The van der Waals surface area contributed by atoms with Crippen LogP contribution in [0.5, 0.6) is 0 Å². The Kier molecular flexibility index (Phi) is 3.75. The average Bonchev–Trinajstić information content (AvgIpc) is 3.40. The van der Waals surface area contributed by atoms with Crippen LogP contribution in [0.4, 0.5) is 4.79 Å². The maximum Gasteiger partial charge on any atom is 0.318 e. The number of fused-ring (bicyclic) bond motifs is 2. The molecule has 3 N–H and O–H groups in total. The second-order valence-corrected chi connectivity index (χ2v) is 8.45. The van der Waals surface area contributed by atoms with Gasteiger partial charge in [0.15, 0.2) is 0 Å². The fourth-order valence-electron chi connectivity index (χ4n) is 5.32. The van der Waals surface area contributed by atoms with Crippen molar-refractivity contribution in [1.82, 2.24) is 21.1 Å². The van der Waals surface area contributed by atoms with Crippen molar-refractivity contribution in [1.29, 1.82) is 0 Å². The monoisotopic (exact) mass is 340 g/mol. The number of nitrogens with one attached hydrogen (secondary N) is 3. The number of carbonyl (C=O) groups excluding carboxylic acids is 1. The topological polar surface area (TPSA) is 56.4 Å². The SMILES string of the molecule is C[C@H](c1ccccc1)N1CC2CC3C(CC2NC1=O)NNC3C1CC1. The first-order chi connectivity index (χ1) is 12.2. The Labute approximate surface area is 149 Å². The summed E-state index contributed by atoms with van der Waals surface area (Å²) in [6.45, 7) is 3.03. The van der Waals surface area contributed by atoms with Gasteiger partial charge in [0, 0.05) is 24.7 Å². The lowest BCUT2D eigenvalue weighted by Gasteiger charge is -2.47. The van der Waals surface area contributed by atoms with E-state index in [2.05, 4.69) is 47.4 Å². The lowest BCUT2D eigenvalue weighted by atomic mass is 9.71. The quantitative estimate of drug-likeness (QED) is 0.792. The molecule has 134 valence electrons. The molecule has 1 aromatic rings. The van der Waals surface area contributed by atoms with Crippen molar-refractivity contribution in [3.8, 4) is 0 Å². The normalized spacial score (nSPS) is 38.7. The number of benzene rings is 1. The minimum Gasteiger partial charge on any atom is -0.335 e. The third kappa shape index (κ3) is 2.74. The second kappa shape index (κ2) is 5.99. The van der Waals surface area contributed by atoms with Crippen molar-refractivity contribution < 1.29 is 4.79 Å². The summed E-state index contributed by atoms with van der Waals surface area (Å²) in [7, 11) is 0. The number of hydrazine groups is 1. The van der Waals surface area contributed by atoms with Gasteiger partial charge in [-0.3, -0.25) is 10.9 Å². The summed E-state index contributed by atoms with van der Waals surface area (Å²) >= 11 is 0. The molecule has 6 atom stereocenters. The molecule has 5 nitrogen and oxygen atoms in total. The highest BCUT2D eigenvalue weighted by molar-refractivity contribution is 5.76. The van der Waals surface area contributed by atoms with Gasteiger partial charge in [-0.15, -0.1) is 0 Å². The first-order valence-electron chi connectivity index (χ1n) is 9.84. The lowest BCUT2D eigenvalue weighted by molar-refractivity contribution is 0.0824. The standard InChI is InChI=1S/C20H28N4O/c1-12(13-5-3-2-4-6-13)24-11-15-9-16-18(10-17(15)21-20(24)25)22-23-19(16)14-7-8-14/h2-6,12,14-19,22-23H,7-11H2,1H3,(H,21,25)/t12-,15?,16?,17?,18?,19?/m1/s1. The van der Waals surface area contributed by atoms with Crippen molar-refractivity contribution in [2.45, 2.75) is 56.8 Å². The zero-order valence-corrected chi connectivity index (χ0v) is 14.8. The van der Waals surface area contributed by atoms with Crippen LogP contribution in [0.3, 0.4) is 0 Å². The fourth-order valence-corrected chi connectivity index (χ4v) is 5.32. The second-order valence-electron chi connectivity index (χ2n) is 8.45. The molecule has 2 saturated heterocycles. The minimum atomic E-state index is 0.0979. The molecular formula is C20H28N4O. The number of urea groups is 1.